The second-order valence-corrected chi connectivity index (χ2v) is 5.15. The van der Waals surface area contributed by atoms with Crippen LogP contribution >= 0.6 is 23.2 Å². The van der Waals surface area contributed by atoms with Gasteiger partial charge >= 0.3 is 0 Å². The summed E-state index contributed by atoms with van der Waals surface area (Å²) in [5.74, 6) is -0.286. The van der Waals surface area contributed by atoms with Crippen LogP contribution < -0.4 is 5.73 Å². The van der Waals surface area contributed by atoms with Gasteiger partial charge < -0.3 is 5.73 Å². The van der Waals surface area contributed by atoms with Crippen LogP contribution in [0.3, 0.4) is 0 Å². The van der Waals surface area contributed by atoms with E-state index in [4.69, 9.17) is 28.9 Å². The van der Waals surface area contributed by atoms with Gasteiger partial charge in [-0.2, -0.15) is 0 Å². The van der Waals surface area contributed by atoms with Gasteiger partial charge in [-0.1, -0.05) is 43.5 Å². The van der Waals surface area contributed by atoms with Crippen molar-refractivity contribution in [1.82, 2.24) is 0 Å². The zero-order valence-corrected chi connectivity index (χ0v) is 11.2. The molecule has 2 atom stereocenters. The third-order valence-corrected chi connectivity index (χ3v) is 3.83. The lowest BCUT2D eigenvalue weighted by atomic mass is 9.80. The lowest BCUT2D eigenvalue weighted by Crippen LogP contribution is -2.40. The molecule has 0 aliphatic heterocycles. The molecule has 1 nitrogen and oxygen atoms in total. The van der Waals surface area contributed by atoms with Gasteiger partial charge in [-0.25, -0.2) is 4.39 Å². The van der Waals surface area contributed by atoms with E-state index in [0.717, 1.165) is 6.42 Å². The van der Waals surface area contributed by atoms with Crippen molar-refractivity contribution in [3.8, 4) is 0 Å². The molecule has 1 rings (SSSR count). The number of nitrogens with two attached hydrogens (primary N) is 1. The third-order valence-electron chi connectivity index (χ3n) is 3.23. The molecule has 0 saturated heterocycles. The van der Waals surface area contributed by atoms with Crippen LogP contribution in [-0.4, -0.2) is 0 Å². The van der Waals surface area contributed by atoms with E-state index < -0.39 is 11.4 Å². The SMILES string of the molecule is CCC(C)C(C)(N)c1cc(F)c(Cl)cc1Cl. The molecular formula is C12H16Cl2FN. The number of hydrogen-bond donors (Lipinski definition) is 1. The van der Waals surface area contributed by atoms with Crippen molar-refractivity contribution in [2.45, 2.75) is 32.7 Å². The third kappa shape index (κ3) is 2.50. The minimum absolute atomic E-state index is 0.0219. The summed E-state index contributed by atoms with van der Waals surface area (Å²) >= 11 is 11.7. The van der Waals surface area contributed by atoms with E-state index in [1.165, 1.54) is 12.1 Å². The summed E-state index contributed by atoms with van der Waals surface area (Å²) in [7, 11) is 0. The van der Waals surface area contributed by atoms with E-state index in [9.17, 15) is 4.39 Å². The molecule has 0 aliphatic carbocycles. The van der Waals surface area contributed by atoms with E-state index in [1.807, 2.05) is 20.8 Å². The van der Waals surface area contributed by atoms with Crippen LogP contribution in [0.15, 0.2) is 12.1 Å². The maximum Gasteiger partial charge on any atom is 0.142 e. The van der Waals surface area contributed by atoms with E-state index >= 15 is 0 Å². The molecule has 4 heteroatoms. The van der Waals surface area contributed by atoms with Gasteiger partial charge in [0.05, 0.1) is 5.02 Å². The monoisotopic (exact) mass is 263 g/mol. The summed E-state index contributed by atoms with van der Waals surface area (Å²) in [6.07, 6.45) is 0.896. The Bertz CT molecular complexity index is 391. The molecule has 0 aromatic heterocycles. The summed E-state index contributed by atoms with van der Waals surface area (Å²) in [5.41, 5.74) is 6.16. The molecule has 2 N–H and O–H groups in total. The number of hydrogen-bond acceptors (Lipinski definition) is 1. The fourth-order valence-electron chi connectivity index (χ4n) is 1.62. The molecule has 1 aromatic rings. The first-order chi connectivity index (χ1) is 7.30. The molecule has 0 saturated carbocycles. The van der Waals surface area contributed by atoms with Gasteiger partial charge in [0.1, 0.15) is 5.82 Å². The molecule has 0 amide bonds. The van der Waals surface area contributed by atoms with Crippen molar-refractivity contribution in [2.24, 2.45) is 11.7 Å². The Kier molecular flexibility index (Phi) is 4.22. The molecule has 0 bridgehead atoms. The molecule has 2 unspecified atom stereocenters. The zero-order valence-electron chi connectivity index (χ0n) is 9.65. The van der Waals surface area contributed by atoms with Crippen LogP contribution in [0.5, 0.6) is 0 Å². The average Bonchev–Trinajstić information content (AvgIpc) is 2.21. The van der Waals surface area contributed by atoms with Crippen molar-refractivity contribution in [2.75, 3.05) is 0 Å². The maximum atomic E-state index is 13.4. The first kappa shape index (κ1) is 13.8. The second kappa shape index (κ2) is 4.91. The number of halogens is 3. The van der Waals surface area contributed by atoms with Crippen molar-refractivity contribution >= 4 is 23.2 Å². The van der Waals surface area contributed by atoms with Gasteiger partial charge in [0, 0.05) is 10.6 Å². The minimum Gasteiger partial charge on any atom is -0.321 e. The van der Waals surface area contributed by atoms with Gasteiger partial charge in [-0.3, -0.25) is 0 Å². The summed E-state index contributed by atoms with van der Waals surface area (Å²) < 4.78 is 13.4. The molecule has 1 aromatic carbocycles. The van der Waals surface area contributed by atoms with Crippen molar-refractivity contribution in [3.63, 3.8) is 0 Å². The zero-order chi connectivity index (χ0) is 12.5. The quantitative estimate of drug-likeness (QED) is 0.807. The Morgan fingerprint density at radius 3 is 2.44 bits per heavy atom. The van der Waals surface area contributed by atoms with Crippen LogP contribution in [0.25, 0.3) is 0 Å². The highest BCUT2D eigenvalue weighted by Gasteiger charge is 2.30. The summed E-state index contributed by atoms with van der Waals surface area (Å²) in [4.78, 5) is 0. The van der Waals surface area contributed by atoms with E-state index in [0.29, 0.717) is 10.6 Å². The Hall–Kier alpha value is -0.310. The van der Waals surface area contributed by atoms with Crippen LogP contribution in [-0.2, 0) is 5.54 Å². The smallest absolute Gasteiger partial charge is 0.142 e. The summed E-state index contributed by atoms with van der Waals surface area (Å²) in [6, 6.07) is 2.73. The lowest BCUT2D eigenvalue weighted by Gasteiger charge is -2.32. The largest absolute Gasteiger partial charge is 0.321 e. The van der Waals surface area contributed by atoms with Crippen LogP contribution in [0.2, 0.25) is 10.0 Å². The van der Waals surface area contributed by atoms with Crippen molar-refractivity contribution < 1.29 is 4.39 Å². The second-order valence-electron chi connectivity index (χ2n) is 4.34. The highest BCUT2D eigenvalue weighted by Crippen LogP contribution is 2.35. The molecular weight excluding hydrogens is 248 g/mol. The number of rotatable bonds is 3. The Balaban J connectivity index is 3.27. The highest BCUT2D eigenvalue weighted by atomic mass is 35.5. The maximum absolute atomic E-state index is 13.4. The highest BCUT2D eigenvalue weighted by molar-refractivity contribution is 6.35. The molecule has 0 aliphatic rings. The first-order valence-electron chi connectivity index (χ1n) is 5.24. The predicted octanol–water partition coefficient (Wildman–Crippen LogP) is 4.35. The van der Waals surface area contributed by atoms with Crippen LogP contribution in [0.4, 0.5) is 4.39 Å². The minimum atomic E-state index is -0.655. The van der Waals surface area contributed by atoms with Crippen molar-refractivity contribution in [1.29, 1.82) is 0 Å². The summed E-state index contributed by atoms with van der Waals surface area (Å²) in [5, 5.41) is 0.436. The van der Waals surface area contributed by atoms with E-state index in [1.54, 1.807) is 0 Å². The molecule has 0 spiro atoms. The Labute approximate surface area is 106 Å². The predicted molar refractivity (Wildman–Crippen MR) is 67.4 cm³/mol. The van der Waals surface area contributed by atoms with Crippen molar-refractivity contribution in [3.05, 3.63) is 33.6 Å². The molecule has 16 heavy (non-hydrogen) atoms. The summed E-state index contributed by atoms with van der Waals surface area (Å²) in [6.45, 7) is 5.91. The van der Waals surface area contributed by atoms with E-state index in [2.05, 4.69) is 0 Å². The van der Waals surface area contributed by atoms with Crippen LogP contribution in [0.1, 0.15) is 32.8 Å². The average molecular weight is 264 g/mol. The first-order valence-corrected chi connectivity index (χ1v) is 6.00. The molecule has 0 fully saturated rings. The molecule has 0 heterocycles. The van der Waals surface area contributed by atoms with Gasteiger partial charge in [-0.15, -0.1) is 0 Å². The van der Waals surface area contributed by atoms with E-state index in [-0.39, 0.29) is 10.9 Å². The normalized spacial score (nSPS) is 16.9. The van der Waals surface area contributed by atoms with Gasteiger partial charge in [-0.05, 0) is 30.5 Å². The van der Waals surface area contributed by atoms with Crippen LogP contribution in [0, 0.1) is 11.7 Å². The fourth-order valence-corrected chi connectivity index (χ4v) is 2.21. The Morgan fingerprint density at radius 1 is 1.38 bits per heavy atom. The topological polar surface area (TPSA) is 26.0 Å². The fraction of sp³-hybridized carbons (Fsp3) is 0.500. The lowest BCUT2D eigenvalue weighted by molar-refractivity contribution is 0.315. The number of benzene rings is 1. The Morgan fingerprint density at radius 2 is 1.94 bits per heavy atom. The molecule has 90 valence electrons. The standard InChI is InChI=1S/C12H16Cl2FN/c1-4-7(2)12(3,16)8-5-11(15)10(14)6-9(8)13/h5-7H,4,16H2,1-3H3. The van der Waals surface area contributed by atoms with Gasteiger partial charge in [0.2, 0.25) is 0 Å². The van der Waals surface area contributed by atoms with Gasteiger partial charge in [0.25, 0.3) is 0 Å². The molecule has 0 radical (unpaired) electrons. The van der Waals surface area contributed by atoms with Gasteiger partial charge in [0.15, 0.2) is 0 Å².